The second-order valence-corrected chi connectivity index (χ2v) is 7.55. The summed E-state index contributed by atoms with van der Waals surface area (Å²) in [6, 6.07) is 5.20. The number of hydrogen-bond acceptors (Lipinski definition) is 4. The Balaban J connectivity index is 2.14. The van der Waals surface area contributed by atoms with Crippen molar-refractivity contribution in [3.63, 3.8) is 0 Å². The van der Waals surface area contributed by atoms with Gasteiger partial charge < -0.3 is 9.30 Å². The number of imidazole rings is 1. The quantitative estimate of drug-likeness (QED) is 0.808. The van der Waals surface area contributed by atoms with Crippen molar-refractivity contribution in [3.05, 3.63) is 24.0 Å². The van der Waals surface area contributed by atoms with Crippen LogP contribution in [0, 0.1) is 0 Å². The van der Waals surface area contributed by atoms with Crippen molar-refractivity contribution in [2.75, 3.05) is 12.9 Å². The molecule has 0 saturated carbocycles. The molecule has 1 aliphatic heterocycles. The Bertz CT molecular complexity index is 764. The lowest BCUT2D eigenvalue weighted by atomic mass is 10.2. The summed E-state index contributed by atoms with van der Waals surface area (Å²) in [6.07, 6.45) is 3.41. The number of para-hydroxylation sites is 1. The monoisotopic (exact) mass is 328 g/mol. The third kappa shape index (κ3) is 2.80. The molecule has 0 aliphatic carbocycles. The van der Waals surface area contributed by atoms with E-state index in [9.17, 15) is 8.42 Å². The number of rotatable bonds is 4. The minimum absolute atomic E-state index is 0.145. The van der Waals surface area contributed by atoms with Crippen LogP contribution in [0.2, 0.25) is 0 Å². The maximum atomic E-state index is 11.9. The predicted molar refractivity (Wildman–Crippen MR) is 81.4 cm³/mol. The molecule has 1 fully saturated rings. The number of halogens is 1. The Labute approximate surface area is 128 Å². The molecule has 3 rings (SSSR count). The van der Waals surface area contributed by atoms with Crippen molar-refractivity contribution in [1.82, 2.24) is 9.55 Å². The van der Waals surface area contributed by atoms with Crippen molar-refractivity contribution in [3.8, 4) is 0 Å². The highest BCUT2D eigenvalue weighted by Crippen LogP contribution is 2.26. The fraction of sp³-hybridized carbons (Fsp3) is 0.500. The second kappa shape index (κ2) is 5.59. The lowest BCUT2D eigenvalue weighted by molar-refractivity contribution is 0.0974. The standard InChI is InChI=1S/C14H17ClN2O3S/c1-21(18,19)12-6-2-5-11-14(12)16-13(8-15)17(11)9-10-4-3-7-20-10/h2,5-6,10H,3-4,7-9H2,1H3. The van der Waals surface area contributed by atoms with E-state index in [2.05, 4.69) is 4.98 Å². The van der Waals surface area contributed by atoms with Gasteiger partial charge in [-0.15, -0.1) is 11.6 Å². The fourth-order valence-electron chi connectivity index (χ4n) is 2.77. The number of ether oxygens (including phenoxy) is 1. The molecule has 2 aromatic rings. The third-order valence-corrected chi connectivity index (χ3v) is 5.12. The van der Waals surface area contributed by atoms with E-state index >= 15 is 0 Å². The second-order valence-electron chi connectivity index (χ2n) is 5.30. The first-order chi connectivity index (χ1) is 10.0. The molecule has 21 heavy (non-hydrogen) atoms. The van der Waals surface area contributed by atoms with E-state index < -0.39 is 9.84 Å². The summed E-state index contributed by atoms with van der Waals surface area (Å²) < 4.78 is 31.4. The fourth-order valence-corrected chi connectivity index (χ4v) is 3.80. The predicted octanol–water partition coefficient (Wildman–Crippen LogP) is 2.36. The van der Waals surface area contributed by atoms with E-state index in [1.165, 1.54) is 6.26 Å². The molecule has 0 bridgehead atoms. The largest absolute Gasteiger partial charge is 0.376 e. The number of aromatic nitrogens is 2. The molecule has 5 nitrogen and oxygen atoms in total. The van der Waals surface area contributed by atoms with Crippen LogP contribution >= 0.6 is 11.6 Å². The van der Waals surface area contributed by atoms with E-state index in [1.807, 2.05) is 10.6 Å². The Morgan fingerprint density at radius 1 is 1.48 bits per heavy atom. The zero-order chi connectivity index (χ0) is 15.0. The molecule has 1 atom stereocenters. The molecule has 1 saturated heterocycles. The number of alkyl halides is 1. The molecule has 1 aromatic heterocycles. The van der Waals surface area contributed by atoms with E-state index in [1.54, 1.807) is 12.1 Å². The van der Waals surface area contributed by atoms with Crippen molar-refractivity contribution in [2.24, 2.45) is 0 Å². The van der Waals surface area contributed by atoms with Gasteiger partial charge in [0, 0.05) is 12.9 Å². The molecule has 0 radical (unpaired) electrons. The van der Waals surface area contributed by atoms with Crippen LogP contribution in [0.5, 0.6) is 0 Å². The normalized spacial score (nSPS) is 19.4. The first-order valence-corrected chi connectivity index (χ1v) is 9.29. The lowest BCUT2D eigenvalue weighted by Crippen LogP contribution is -2.16. The summed E-state index contributed by atoms with van der Waals surface area (Å²) in [6.45, 7) is 1.44. The molecule has 1 aliphatic rings. The summed E-state index contributed by atoms with van der Waals surface area (Å²) in [4.78, 5) is 4.68. The highest BCUT2D eigenvalue weighted by atomic mass is 35.5. The van der Waals surface area contributed by atoms with Crippen molar-refractivity contribution in [2.45, 2.75) is 36.3 Å². The molecule has 0 spiro atoms. The minimum Gasteiger partial charge on any atom is -0.376 e. The number of nitrogens with zero attached hydrogens (tertiary/aromatic N) is 2. The van der Waals surface area contributed by atoms with Gasteiger partial charge in [0.1, 0.15) is 11.3 Å². The first-order valence-electron chi connectivity index (χ1n) is 6.86. The van der Waals surface area contributed by atoms with Crippen LogP contribution in [0.3, 0.4) is 0 Å². The Hall–Kier alpha value is -1.11. The van der Waals surface area contributed by atoms with Crippen molar-refractivity contribution < 1.29 is 13.2 Å². The van der Waals surface area contributed by atoms with E-state index in [0.717, 1.165) is 25.0 Å². The Morgan fingerprint density at radius 3 is 2.90 bits per heavy atom. The molecule has 7 heteroatoms. The number of benzene rings is 1. The van der Waals surface area contributed by atoms with Crippen LogP contribution in [0.4, 0.5) is 0 Å². The number of hydrogen-bond donors (Lipinski definition) is 0. The molecular weight excluding hydrogens is 312 g/mol. The average molecular weight is 329 g/mol. The third-order valence-electron chi connectivity index (χ3n) is 3.75. The van der Waals surface area contributed by atoms with Gasteiger partial charge in [-0.1, -0.05) is 6.07 Å². The summed E-state index contributed by atoms with van der Waals surface area (Å²) in [5.41, 5.74) is 1.29. The molecular formula is C14H17ClN2O3S. The van der Waals surface area contributed by atoms with Crippen LogP contribution in [0.1, 0.15) is 18.7 Å². The maximum absolute atomic E-state index is 11.9. The van der Waals surface area contributed by atoms with Gasteiger partial charge >= 0.3 is 0 Å². The van der Waals surface area contributed by atoms with E-state index in [0.29, 0.717) is 17.9 Å². The lowest BCUT2D eigenvalue weighted by Gasteiger charge is -2.13. The van der Waals surface area contributed by atoms with Gasteiger partial charge in [0.2, 0.25) is 0 Å². The van der Waals surface area contributed by atoms with Gasteiger partial charge in [0.05, 0.1) is 28.9 Å². The maximum Gasteiger partial charge on any atom is 0.177 e. The SMILES string of the molecule is CS(=O)(=O)c1cccc2c1nc(CCl)n2CC1CCCO1. The van der Waals surface area contributed by atoms with E-state index in [-0.39, 0.29) is 16.9 Å². The highest BCUT2D eigenvalue weighted by Gasteiger charge is 2.22. The van der Waals surface area contributed by atoms with Crippen molar-refractivity contribution >= 4 is 32.5 Å². The topological polar surface area (TPSA) is 61.2 Å². The van der Waals surface area contributed by atoms with Crippen LogP contribution in [-0.4, -0.2) is 36.9 Å². The van der Waals surface area contributed by atoms with Gasteiger partial charge in [0.15, 0.2) is 9.84 Å². The van der Waals surface area contributed by atoms with Gasteiger partial charge in [-0.05, 0) is 25.0 Å². The van der Waals surface area contributed by atoms with Crippen molar-refractivity contribution in [1.29, 1.82) is 0 Å². The summed E-state index contributed by atoms with van der Waals surface area (Å²) in [5, 5.41) is 0. The van der Waals surface area contributed by atoms with Gasteiger partial charge in [-0.3, -0.25) is 0 Å². The summed E-state index contributed by atoms with van der Waals surface area (Å²) in [5.74, 6) is 0.920. The van der Waals surface area contributed by atoms with Gasteiger partial charge in [-0.25, -0.2) is 13.4 Å². The van der Waals surface area contributed by atoms with Crippen LogP contribution in [0.15, 0.2) is 23.1 Å². The molecule has 0 N–H and O–H groups in total. The van der Waals surface area contributed by atoms with Crippen LogP contribution in [-0.2, 0) is 27.0 Å². The molecule has 0 amide bonds. The summed E-state index contributed by atoms with van der Waals surface area (Å²) in [7, 11) is -3.32. The Kier molecular flexibility index (Phi) is 3.94. The van der Waals surface area contributed by atoms with E-state index in [4.69, 9.17) is 16.3 Å². The number of fused-ring (bicyclic) bond motifs is 1. The molecule has 1 unspecified atom stereocenters. The summed E-state index contributed by atoms with van der Waals surface area (Å²) >= 11 is 5.98. The minimum atomic E-state index is -3.32. The molecule has 2 heterocycles. The van der Waals surface area contributed by atoms with Gasteiger partial charge in [-0.2, -0.15) is 0 Å². The van der Waals surface area contributed by atoms with Gasteiger partial charge in [0.25, 0.3) is 0 Å². The zero-order valence-corrected chi connectivity index (χ0v) is 13.3. The highest BCUT2D eigenvalue weighted by molar-refractivity contribution is 7.91. The average Bonchev–Trinajstić information content (AvgIpc) is 3.05. The zero-order valence-electron chi connectivity index (χ0n) is 11.8. The van der Waals surface area contributed by atoms with Crippen LogP contribution in [0.25, 0.3) is 11.0 Å². The first kappa shape index (κ1) is 14.8. The van der Waals surface area contributed by atoms with Crippen LogP contribution < -0.4 is 0 Å². The Morgan fingerprint density at radius 2 is 2.29 bits per heavy atom. The molecule has 1 aromatic carbocycles. The molecule has 114 valence electrons. The smallest absolute Gasteiger partial charge is 0.177 e. The number of sulfone groups is 1.